The number of hydrogen-bond donors (Lipinski definition) is 1. The Labute approximate surface area is 195 Å². The number of imidazole rings is 1. The average molecular weight is 460 g/mol. The normalized spacial score (nSPS) is 15.4. The molecule has 0 aliphatic carbocycles. The van der Waals surface area contributed by atoms with Crippen LogP contribution in [0.2, 0.25) is 0 Å². The summed E-state index contributed by atoms with van der Waals surface area (Å²) in [6.07, 6.45) is 5.07. The second-order valence-electron chi connectivity index (χ2n) is 8.61. The fourth-order valence-electron chi connectivity index (χ4n) is 4.36. The van der Waals surface area contributed by atoms with Crippen molar-refractivity contribution in [3.8, 4) is 16.9 Å². The third-order valence-electron chi connectivity index (χ3n) is 6.39. The van der Waals surface area contributed by atoms with Gasteiger partial charge < -0.3 is 14.7 Å². The van der Waals surface area contributed by atoms with E-state index < -0.39 is 5.60 Å². The summed E-state index contributed by atoms with van der Waals surface area (Å²) in [5.41, 5.74) is 1.56. The highest BCUT2D eigenvalue weighted by molar-refractivity contribution is 5.95. The quantitative estimate of drug-likeness (QED) is 0.491. The number of ether oxygens (including phenoxy) is 1. The van der Waals surface area contributed by atoms with E-state index >= 15 is 0 Å². The highest BCUT2D eigenvalue weighted by Gasteiger charge is 2.35. The molecule has 1 saturated heterocycles. The van der Waals surface area contributed by atoms with Gasteiger partial charge in [-0.05, 0) is 48.2 Å². The molecule has 34 heavy (non-hydrogen) atoms. The van der Waals surface area contributed by atoms with Crippen LogP contribution in [-0.4, -0.2) is 60.9 Å². The van der Waals surface area contributed by atoms with E-state index in [4.69, 9.17) is 4.74 Å². The maximum absolute atomic E-state index is 13.2. The number of likely N-dealkylation sites (tertiary alicyclic amines) is 1. The number of benzene rings is 2. The van der Waals surface area contributed by atoms with Gasteiger partial charge in [-0.1, -0.05) is 24.3 Å². The van der Waals surface area contributed by atoms with Gasteiger partial charge in [0.25, 0.3) is 11.5 Å². The van der Waals surface area contributed by atoms with Gasteiger partial charge in [-0.15, -0.1) is 0 Å². The Hall–Kier alpha value is -3.98. The van der Waals surface area contributed by atoms with Crippen LogP contribution in [0.3, 0.4) is 0 Å². The Kier molecular flexibility index (Phi) is 5.62. The number of carbonyl (C=O) groups excluding carboxylic acids is 1. The summed E-state index contributed by atoms with van der Waals surface area (Å²) < 4.78 is 8.03. The molecule has 5 rings (SSSR count). The van der Waals surface area contributed by atoms with Crippen molar-refractivity contribution in [3.63, 3.8) is 0 Å². The van der Waals surface area contributed by atoms with Gasteiger partial charge in [0.05, 0.1) is 25.5 Å². The zero-order valence-electron chi connectivity index (χ0n) is 18.8. The number of hydrogen-bond acceptors (Lipinski definition) is 6. The molecule has 174 valence electrons. The number of fused-ring (bicyclic) bond motifs is 1. The molecule has 1 amide bonds. The molecular weight excluding hydrogens is 434 g/mol. The molecule has 9 heteroatoms. The van der Waals surface area contributed by atoms with Crippen molar-refractivity contribution in [1.29, 1.82) is 0 Å². The third-order valence-corrected chi connectivity index (χ3v) is 6.39. The highest BCUT2D eigenvalue weighted by Crippen LogP contribution is 2.27. The minimum Gasteiger partial charge on any atom is -0.497 e. The summed E-state index contributed by atoms with van der Waals surface area (Å²) in [4.78, 5) is 31.5. The van der Waals surface area contributed by atoms with Crippen molar-refractivity contribution >= 4 is 11.4 Å². The number of carbonyl (C=O) groups is 1. The molecule has 2 aromatic carbocycles. The molecule has 1 N–H and O–H groups in total. The lowest BCUT2D eigenvalue weighted by Crippen LogP contribution is -2.49. The summed E-state index contributed by atoms with van der Waals surface area (Å²) in [7, 11) is 1.63. The molecule has 1 aliphatic heterocycles. The number of aromatic nitrogens is 4. The molecule has 0 unspecified atom stereocenters. The van der Waals surface area contributed by atoms with E-state index in [-0.39, 0.29) is 18.0 Å². The van der Waals surface area contributed by atoms with Gasteiger partial charge in [-0.2, -0.15) is 5.10 Å². The third kappa shape index (κ3) is 4.17. The van der Waals surface area contributed by atoms with Crippen LogP contribution in [0.1, 0.15) is 23.2 Å². The molecule has 9 nitrogen and oxygen atoms in total. The number of nitrogens with zero attached hydrogens (tertiary/aromatic N) is 5. The highest BCUT2D eigenvalue weighted by atomic mass is 16.5. The summed E-state index contributed by atoms with van der Waals surface area (Å²) in [5, 5.41) is 15.3. The summed E-state index contributed by atoms with van der Waals surface area (Å²) in [6, 6.07) is 15.2. The molecule has 0 atom stereocenters. The number of aliphatic hydroxyl groups is 1. The molecule has 0 bridgehead atoms. The number of rotatable bonds is 5. The number of amides is 1. The van der Waals surface area contributed by atoms with Gasteiger partial charge >= 0.3 is 0 Å². The first-order chi connectivity index (χ1) is 16.5. The fourth-order valence-corrected chi connectivity index (χ4v) is 4.36. The minimum atomic E-state index is -1.09. The Bertz CT molecular complexity index is 1380. The van der Waals surface area contributed by atoms with E-state index in [0.29, 0.717) is 37.0 Å². The van der Waals surface area contributed by atoms with E-state index in [1.54, 1.807) is 12.0 Å². The van der Waals surface area contributed by atoms with E-state index in [1.807, 2.05) is 48.5 Å². The lowest BCUT2D eigenvalue weighted by Gasteiger charge is -2.38. The molecule has 0 radical (unpaired) electrons. The largest absolute Gasteiger partial charge is 0.497 e. The SMILES string of the molecule is COc1ccc(-c2cccc(C(=O)N3CCC(O)(Cn4cnn5cncc5c4=O)CC3)c2)cc1. The molecule has 1 aliphatic rings. The minimum absolute atomic E-state index is 0.0723. The molecule has 0 saturated carbocycles. The van der Waals surface area contributed by atoms with E-state index in [0.717, 1.165) is 16.9 Å². The fraction of sp³-hybridized carbons (Fsp3) is 0.280. The van der Waals surface area contributed by atoms with Crippen molar-refractivity contribution in [2.45, 2.75) is 25.0 Å². The van der Waals surface area contributed by atoms with Crippen molar-refractivity contribution in [2.75, 3.05) is 20.2 Å². The summed E-state index contributed by atoms with van der Waals surface area (Å²) in [6.45, 7) is 0.925. The first-order valence-electron chi connectivity index (χ1n) is 11.1. The number of piperidine rings is 1. The monoisotopic (exact) mass is 459 g/mol. The molecular formula is C25H25N5O4. The smallest absolute Gasteiger partial charge is 0.279 e. The van der Waals surface area contributed by atoms with E-state index in [2.05, 4.69) is 10.1 Å². The van der Waals surface area contributed by atoms with Crippen LogP contribution in [0.5, 0.6) is 5.75 Å². The van der Waals surface area contributed by atoms with Crippen molar-refractivity contribution in [3.05, 3.63) is 83.3 Å². The van der Waals surface area contributed by atoms with Crippen LogP contribution in [-0.2, 0) is 6.54 Å². The van der Waals surface area contributed by atoms with E-state index in [9.17, 15) is 14.7 Å². The zero-order valence-corrected chi connectivity index (χ0v) is 18.8. The molecule has 4 aromatic rings. The molecule has 3 heterocycles. The second-order valence-corrected chi connectivity index (χ2v) is 8.61. The van der Waals surface area contributed by atoms with Crippen LogP contribution in [0.25, 0.3) is 16.6 Å². The first-order valence-corrected chi connectivity index (χ1v) is 11.1. The molecule has 0 spiro atoms. The van der Waals surface area contributed by atoms with Crippen molar-refractivity contribution in [1.82, 2.24) is 24.1 Å². The summed E-state index contributed by atoms with van der Waals surface area (Å²) in [5.74, 6) is 0.705. The predicted octanol–water partition coefficient (Wildman–Crippen LogP) is 2.23. The first kappa shape index (κ1) is 21.8. The van der Waals surface area contributed by atoms with Gasteiger partial charge in [-0.3, -0.25) is 14.2 Å². The second kappa shape index (κ2) is 8.75. The van der Waals surface area contributed by atoms with Crippen LogP contribution in [0, 0.1) is 0 Å². The average Bonchev–Trinajstić information content (AvgIpc) is 3.36. The lowest BCUT2D eigenvalue weighted by atomic mass is 9.90. The van der Waals surface area contributed by atoms with Gasteiger partial charge in [-0.25, -0.2) is 9.50 Å². The van der Waals surface area contributed by atoms with Gasteiger partial charge in [0.2, 0.25) is 0 Å². The topological polar surface area (TPSA) is 102 Å². The molecule has 2 aromatic heterocycles. The van der Waals surface area contributed by atoms with E-state index in [1.165, 1.54) is 27.9 Å². The maximum Gasteiger partial charge on any atom is 0.279 e. The zero-order chi connectivity index (χ0) is 23.7. The van der Waals surface area contributed by atoms with Crippen LogP contribution in [0.15, 0.2) is 72.2 Å². The van der Waals surface area contributed by atoms with Crippen molar-refractivity contribution < 1.29 is 14.6 Å². The van der Waals surface area contributed by atoms with Crippen LogP contribution < -0.4 is 10.3 Å². The number of methoxy groups -OCH3 is 1. The summed E-state index contributed by atoms with van der Waals surface area (Å²) >= 11 is 0. The van der Waals surface area contributed by atoms with Crippen LogP contribution >= 0.6 is 0 Å². The standard InChI is InChI=1S/C25H25N5O4/c1-34-21-7-5-18(6-8-21)19-3-2-4-20(13-19)23(31)28-11-9-25(33,10-12-28)15-29-17-27-30-16-26-14-22(30)24(29)32/h2-8,13-14,16-17,33H,9-12,15H2,1H3. The Morgan fingerprint density at radius 3 is 2.59 bits per heavy atom. The van der Waals surface area contributed by atoms with Gasteiger partial charge in [0, 0.05) is 18.7 Å². The maximum atomic E-state index is 13.2. The lowest BCUT2D eigenvalue weighted by molar-refractivity contribution is -0.0300. The Morgan fingerprint density at radius 2 is 1.85 bits per heavy atom. The van der Waals surface area contributed by atoms with Crippen molar-refractivity contribution in [2.24, 2.45) is 0 Å². The Balaban J connectivity index is 1.27. The van der Waals surface area contributed by atoms with Crippen LogP contribution in [0.4, 0.5) is 0 Å². The van der Waals surface area contributed by atoms with Gasteiger partial charge in [0.1, 0.15) is 23.9 Å². The Morgan fingerprint density at radius 1 is 1.09 bits per heavy atom. The van der Waals surface area contributed by atoms with Gasteiger partial charge in [0.15, 0.2) is 0 Å². The molecule has 1 fully saturated rings. The predicted molar refractivity (Wildman–Crippen MR) is 126 cm³/mol.